The number of hydrogen-bond acceptors (Lipinski definition) is 4. The first kappa shape index (κ1) is 22.2. The van der Waals surface area contributed by atoms with Gasteiger partial charge in [0.15, 0.2) is 0 Å². The number of piperidine rings is 1. The van der Waals surface area contributed by atoms with Crippen molar-refractivity contribution in [1.82, 2.24) is 15.5 Å². The molecule has 0 aromatic heterocycles. The molecule has 2 aliphatic heterocycles. The van der Waals surface area contributed by atoms with Crippen molar-refractivity contribution in [2.24, 2.45) is 0 Å². The van der Waals surface area contributed by atoms with Crippen molar-refractivity contribution in [3.05, 3.63) is 35.4 Å². The first-order valence-electron chi connectivity index (χ1n) is 10.8. The van der Waals surface area contributed by atoms with Crippen molar-refractivity contribution in [2.75, 3.05) is 18.8 Å². The van der Waals surface area contributed by atoms with Crippen LogP contribution in [-0.4, -0.2) is 52.5 Å². The third-order valence-electron chi connectivity index (χ3n) is 6.14. The minimum atomic E-state index is -0.138. The maximum Gasteiger partial charge on any atom is 0.253 e. The average Bonchev–Trinajstić information content (AvgIpc) is 3.11. The minimum Gasteiger partial charge on any atom is -0.352 e. The molecule has 1 aromatic rings. The van der Waals surface area contributed by atoms with Gasteiger partial charge in [0.05, 0.1) is 10.9 Å². The van der Waals surface area contributed by atoms with Crippen LogP contribution in [0.4, 0.5) is 0 Å². The van der Waals surface area contributed by atoms with E-state index in [1.165, 1.54) is 5.56 Å². The average molecular weight is 418 g/mol. The van der Waals surface area contributed by atoms with Crippen molar-refractivity contribution in [2.45, 2.75) is 76.3 Å². The summed E-state index contributed by atoms with van der Waals surface area (Å²) < 4.78 is 0. The number of amides is 2. The molecule has 1 aromatic carbocycles. The van der Waals surface area contributed by atoms with E-state index in [0.717, 1.165) is 43.7 Å². The molecule has 2 heterocycles. The second-order valence-corrected chi connectivity index (χ2v) is 10.8. The summed E-state index contributed by atoms with van der Waals surface area (Å²) in [6.07, 6.45) is 2.68. The van der Waals surface area contributed by atoms with E-state index in [-0.39, 0.29) is 34.2 Å². The normalized spacial score (nSPS) is 22.5. The lowest BCUT2D eigenvalue weighted by atomic mass is 9.86. The molecule has 160 valence electrons. The van der Waals surface area contributed by atoms with Gasteiger partial charge in [-0.3, -0.25) is 14.9 Å². The number of likely N-dealkylation sites (tertiary alicyclic amines) is 1. The molecule has 6 heteroatoms. The van der Waals surface area contributed by atoms with Gasteiger partial charge in [0.1, 0.15) is 0 Å². The standard InChI is InChI=1S/C23H35N3O2S/c1-6-16(2)24-20(27)19-15-29-23(25-19)11-13-26(14-12-23)21(28)17-7-9-18(10-8-17)22(3,4)5/h7-10,16,19,25H,6,11-15H2,1-5H3,(H,24,27). The van der Waals surface area contributed by atoms with Gasteiger partial charge in [-0.2, -0.15) is 0 Å². The van der Waals surface area contributed by atoms with Gasteiger partial charge in [0, 0.05) is 30.4 Å². The summed E-state index contributed by atoms with van der Waals surface area (Å²) in [5.74, 6) is 1.00. The molecule has 0 aliphatic carbocycles. The van der Waals surface area contributed by atoms with Gasteiger partial charge in [0.25, 0.3) is 5.91 Å². The Bertz CT molecular complexity index is 733. The molecule has 0 bridgehead atoms. The molecule has 2 fully saturated rings. The van der Waals surface area contributed by atoms with Gasteiger partial charge in [0.2, 0.25) is 5.91 Å². The molecule has 2 N–H and O–H groups in total. The molecule has 2 amide bonds. The second kappa shape index (κ2) is 8.68. The molecular weight excluding hydrogens is 382 g/mol. The van der Waals surface area contributed by atoms with Gasteiger partial charge >= 0.3 is 0 Å². The molecule has 0 saturated carbocycles. The summed E-state index contributed by atoms with van der Waals surface area (Å²) in [4.78, 5) is 27.2. The monoisotopic (exact) mass is 417 g/mol. The van der Waals surface area contributed by atoms with Crippen LogP contribution in [0.2, 0.25) is 0 Å². The maximum atomic E-state index is 12.9. The summed E-state index contributed by atoms with van der Waals surface area (Å²) in [5.41, 5.74) is 2.08. The molecule has 5 nitrogen and oxygen atoms in total. The fourth-order valence-electron chi connectivity index (χ4n) is 3.89. The second-order valence-electron chi connectivity index (χ2n) is 9.44. The van der Waals surface area contributed by atoms with Gasteiger partial charge in [-0.05, 0) is 49.3 Å². The summed E-state index contributed by atoms with van der Waals surface area (Å²) in [6.45, 7) is 12.1. The molecule has 29 heavy (non-hydrogen) atoms. The van der Waals surface area contributed by atoms with E-state index in [1.807, 2.05) is 35.7 Å². The van der Waals surface area contributed by atoms with E-state index < -0.39 is 0 Å². The molecule has 2 aliphatic rings. The highest BCUT2D eigenvalue weighted by Gasteiger charge is 2.44. The van der Waals surface area contributed by atoms with Crippen LogP contribution in [0.25, 0.3) is 0 Å². The van der Waals surface area contributed by atoms with Gasteiger partial charge in [-0.25, -0.2) is 0 Å². The van der Waals surface area contributed by atoms with Crippen LogP contribution in [0, 0.1) is 0 Å². The van der Waals surface area contributed by atoms with Crippen LogP contribution in [0.1, 0.15) is 69.8 Å². The molecule has 2 saturated heterocycles. The Kier molecular flexibility index (Phi) is 6.64. The first-order valence-corrected chi connectivity index (χ1v) is 11.7. The Morgan fingerprint density at radius 3 is 2.41 bits per heavy atom. The van der Waals surface area contributed by atoms with Crippen molar-refractivity contribution in [1.29, 1.82) is 0 Å². The predicted octanol–water partition coefficient (Wildman–Crippen LogP) is 3.54. The zero-order valence-electron chi connectivity index (χ0n) is 18.4. The number of nitrogens with zero attached hydrogens (tertiary/aromatic N) is 1. The Labute approximate surface area is 179 Å². The smallest absolute Gasteiger partial charge is 0.253 e. The van der Waals surface area contributed by atoms with Crippen LogP contribution in [0.3, 0.4) is 0 Å². The van der Waals surface area contributed by atoms with E-state index in [1.54, 1.807) is 0 Å². The molecule has 1 spiro atoms. The van der Waals surface area contributed by atoms with Gasteiger partial charge < -0.3 is 10.2 Å². The van der Waals surface area contributed by atoms with E-state index in [0.29, 0.717) is 0 Å². The highest BCUT2D eigenvalue weighted by molar-refractivity contribution is 8.01. The number of hydrogen-bond donors (Lipinski definition) is 2. The summed E-state index contributed by atoms with van der Waals surface area (Å²) in [6, 6.07) is 8.09. The largest absolute Gasteiger partial charge is 0.352 e. The van der Waals surface area contributed by atoms with E-state index in [9.17, 15) is 9.59 Å². The Balaban J connectivity index is 1.55. The fraction of sp³-hybridized carbons (Fsp3) is 0.652. The zero-order chi connectivity index (χ0) is 21.2. The van der Waals surface area contributed by atoms with E-state index >= 15 is 0 Å². The van der Waals surface area contributed by atoms with Crippen LogP contribution in [0.15, 0.2) is 24.3 Å². The van der Waals surface area contributed by atoms with Crippen LogP contribution >= 0.6 is 11.8 Å². The topological polar surface area (TPSA) is 61.4 Å². The van der Waals surface area contributed by atoms with Crippen molar-refractivity contribution >= 4 is 23.6 Å². The quantitative estimate of drug-likeness (QED) is 0.787. The Hall–Kier alpha value is -1.53. The molecule has 0 radical (unpaired) electrons. The summed E-state index contributed by atoms with van der Waals surface area (Å²) >= 11 is 1.84. The number of carbonyl (C=O) groups excluding carboxylic acids is 2. The predicted molar refractivity (Wildman–Crippen MR) is 120 cm³/mol. The summed E-state index contributed by atoms with van der Waals surface area (Å²) in [7, 11) is 0. The van der Waals surface area contributed by atoms with Crippen LogP contribution < -0.4 is 10.6 Å². The van der Waals surface area contributed by atoms with Crippen molar-refractivity contribution in [3.63, 3.8) is 0 Å². The van der Waals surface area contributed by atoms with E-state index in [4.69, 9.17) is 0 Å². The number of benzene rings is 1. The first-order chi connectivity index (χ1) is 13.6. The van der Waals surface area contributed by atoms with Crippen molar-refractivity contribution < 1.29 is 9.59 Å². The third-order valence-corrected chi connectivity index (χ3v) is 7.72. The Morgan fingerprint density at radius 1 is 1.24 bits per heavy atom. The zero-order valence-corrected chi connectivity index (χ0v) is 19.2. The minimum absolute atomic E-state index is 0.0790. The number of nitrogens with one attached hydrogen (secondary N) is 2. The SMILES string of the molecule is CCC(C)NC(=O)C1CSC2(CCN(C(=O)c3ccc(C(C)(C)C)cc3)CC2)N1. The number of carbonyl (C=O) groups is 2. The molecule has 2 unspecified atom stereocenters. The fourth-order valence-corrected chi connectivity index (χ4v) is 5.30. The molecular formula is C23H35N3O2S. The number of thioether (sulfide) groups is 1. The van der Waals surface area contributed by atoms with Crippen LogP contribution in [-0.2, 0) is 10.2 Å². The highest BCUT2D eigenvalue weighted by Crippen LogP contribution is 2.39. The van der Waals surface area contributed by atoms with Crippen molar-refractivity contribution in [3.8, 4) is 0 Å². The van der Waals surface area contributed by atoms with Gasteiger partial charge in [-0.15, -0.1) is 11.8 Å². The number of rotatable bonds is 4. The maximum absolute atomic E-state index is 12.9. The molecule has 2 atom stereocenters. The highest BCUT2D eigenvalue weighted by atomic mass is 32.2. The Morgan fingerprint density at radius 2 is 1.86 bits per heavy atom. The van der Waals surface area contributed by atoms with Gasteiger partial charge in [-0.1, -0.05) is 39.8 Å². The lowest BCUT2D eigenvalue weighted by Crippen LogP contribution is -2.55. The summed E-state index contributed by atoms with van der Waals surface area (Å²) in [5, 5.41) is 6.65. The lowest BCUT2D eigenvalue weighted by molar-refractivity contribution is -0.123. The van der Waals surface area contributed by atoms with Crippen LogP contribution in [0.5, 0.6) is 0 Å². The van der Waals surface area contributed by atoms with E-state index in [2.05, 4.69) is 50.5 Å². The lowest BCUT2D eigenvalue weighted by Gasteiger charge is -2.39. The third kappa shape index (κ3) is 5.15. The molecule has 3 rings (SSSR count).